The Bertz CT molecular complexity index is 651. The second-order valence-electron chi connectivity index (χ2n) is 5.77. The molecule has 23 heavy (non-hydrogen) atoms. The minimum Gasteiger partial charge on any atom is -0.381 e. The summed E-state index contributed by atoms with van der Waals surface area (Å²) < 4.78 is 5.52. The van der Waals surface area contributed by atoms with Crippen LogP contribution in [-0.4, -0.2) is 30.6 Å². The molecule has 0 aliphatic carbocycles. The second kappa shape index (κ2) is 7.21. The highest BCUT2D eigenvalue weighted by atomic mass is 32.1. The number of hydrogen-bond acceptors (Lipinski definition) is 5. The van der Waals surface area contributed by atoms with Gasteiger partial charge in [-0.25, -0.2) is 4.98 Å². The zero-order valence-corrected chi connectivity index (χ0v) is 13.8. The third-order valence-electron chi connectivity index (χ3n) is 4.38. The number of amides is 1. The van der Waals surface area contributed by atoms with Crippen molar-refractivity contribution in [2.75, 3.05) is 19.8 Å². The largest absolute Gasteiger partial charge is 0.381 e. The van der Waals surface area contributed by atoms with Gasteiger partial charge in [0.2, 0.25) is 0 Å². The molecule has 122 valence electrons. The quantitative estimate of drug-likeness (QED) is 0.879. The van der Waals surface area contributed by atoms with E-state index < -0.39 is 0 Å². The van der Waals surface area contributed by atoms with Crippen molar-refractivity contribution in [3.8, 4) is 0 Å². The van der Waals surface area contributed by atoms with Gasteiger partial charge in [-0.05, 0) is 18.4 Å². The molecule has 1 aliphatic rings. The monoisotopic (exact) mass is 331 g/mol. The summed E-state index contributed by atoms with van der Waals surface area (Å²) in [6, 6.07) is 10.4. The number of nitrogens with one attached hydrogen (secondary N) is 1. The molecule has 1 aliphatic heterocycles. The van der Waals surface area contributed by atoms with E-state index in [-0.39, 0.29) is 11.3 Å². The lowest BCUT2D eigenvalue weighted by atomic mass is 9.74. The second-order valence-corrected chi connectivity index (χ2v) is 6.71. The van der Waals surface area contributed by atoms with E-state index in [1.54, 1.807) is 5.38 Å². The summed E-state index contributed by atoms with van der Waals surface area (Å²) in [6.45, 7) is 2.40. The number of carbonyl (C=O) groups is 1. The van der Waals surface area contributed by atoms with Crippen LogP contribution in [0.15, 0.2) is 35.7 Å². The summed E-state index contributed by atoms with van der Waals surface area (Å²) in [4.78, 5) is 16.6. The topological polar surface area (TPSA) is 77.2 Å². The van der Waals surface area contributed by atoms with Crippen LogP contribution >= 0.6 is 11.3 Å². The Hall–Kier alpha value is -1.76. The van der Waals surface area contributed by atoms with Crippen molar-refractivity contribution in [2.45, 2.75) is 24.8 Å². The first-order valence-corrected chi connectivity index (χ1v) is 8.67. The Kier molecular flexibility index (Phi) is 5.05. The molecule has 2 aromatic rings. The van der Waals surface area contributed by atoms with Gasteiger partial charge in [-0.1, -0.05) is 30.3 Å². The highest BCUT2D eigenvalue weighted by Crippen LogP contribution is 2.34. The molecule has 1 aromatic heterocycles. The van der Waals surface area contributed by atoms with Gasteiger partial charge in [0.25, 0.3) is 5.91 Å². The van der Waals surface area contributed by atoms with Crippen molar-refractivity contribution in [1.82, 2.24) is 10.3 Å². The lowest BCUT2D eigenvalue weighted by molar-refractivity contribution is 0.0487. The van der Waals surface area contributed by atoms with E-state index in [4.69, 9.17) is 10.5 Å². The molecule has 1 amide bonds. The van der Waals surface area contributed by atoms with E-state index in [1.807, 2.05) is 18.2 Å². The van der Waals surface area contributed by atoms with Gasteiger partial charge in [0.05, 0.1) is 0 Å². The Labute approximate surface area is 139 Å². The Morgan fingerprint density at radius 3 is 2.70 bits per heavy atom. The van der Waals surface area contributed by atoms with Gasteiger partial charge in [-0.3, -0.25) is 4.79 Å². The van der Waals surface area contributed by atoms with Crippen LogP contribution in [0, 0.1) is 0 Å². The summed E-state index contributed by atoms with van der Waals surface area (Å²) in [5.41, 5.74) is 7.19. The SMILES string of the molecule is NCc1nc(C(=O)NCC2(c3ccccc3)CCOCC2)cs1. The maximum Gasteiger partial charge on any atom is 0.270 e. The third kappa shape index (κ3) is 3.60. The van der Waals surface area contributed by atoms with E-state index in [9.17, 15) is 4.79 Å². The fraction of sp³-hybridized carbons (Fsp3) is 0.412. The lowest BCUT2D eigenvalue weighted by Crippen LogP contribution is -2.44. The van der Waals surface area contributed by atoms with Crippen LogP contribution in [-0.2, 0) is 16.7 Å². The van der Waals surface area contributed by atoms with Crippen molar-refractivity contribution in [2.24, 2.45) is 5.73 Å². The average Bonchev–Trinajstić information content (AvgIpc) is 3.10. The minimum atomic E-state index is -0.136. The molecule has 0 saturated carbocycles. The number of aromatic nitrogens is 1. The first-order valence-electron chi connectivity index (χ1n) is 7.79. The van der Waals surface area contributed by atoms with Crippen molar-refractivity contribution in [3.63, 3.8) is 0 Å². The number of ether oxygens (including phenoxy) is 1. The molecule has 3 N–H and O–H groups in total. The van der Waals surface area contributed by atoms with Crippen LogP contribution in [0.5, 0.6) is 0 Å². The predicted octanol–water partition coefficient (Wildman–Crippen LogP) is 2.08. The number of rotatable bonds is 5. The van der Waals surface area contributed by atoms with Gasteiger partial charge < -0.3 is 15.8 Å². The standard InChI is InChI=1S/C17H21N3O2S/c18-10-15-20-14(11-23-15)16(21)19-12-17(6-8-22-9-7-17)13-4-2-1-3-5-13/h1-5,11H,6-10,12,18H2,(H,19,21). The molecule has 0 spiro atoms. The lowest BCUT2D eigenvalue weighted by Gasteiger charge is -2.37. The molecule has 0 bridgehead atoms. The Morgan fingerprint density at radius 1 is 1.30 bits per heavy atom. The molecule has 0 unspecified atom stereocenters. The predicted molar refractivity (Wildman–Crippen MR) is 90.5 cm³/mol. The molecule has 0 atom stereocenters. The molecule has 1 aromatic carbocycles. The molecule has 2 heterocycles. The average molecular weight is 331 g/mol. The third-order valence-corrected chi connectivity index (χ3v) is 5.25. The van der Waals surface area contributed by atoms with Crippen LogP contribution in [0.1, 0.15) is 33.9 Å². The molecule has 5 nitrogen and oxygen atoms in total. The van der Waals surface area contributed by atoms with Crippen molar-refractivity contribution < 1.29 is 9.53 Å². The van der Waals surface area contributed by atoms with Crippen LogP contribution < -0.4 is 11.1 Å². The van der Waals surface area contributed by atoms with E-state index in [0.29, 0.717) is 18.8 Å². The Morgan fingerprint density at radius 2 is 2.04 bits per heavy atom. The van der Waals surface area contributed by atoms with E-state index in [2.05, 4.69) is 22.4 Å². The number of thiazole rings is 1. The van der Waals surface area contributed by atoms with Gasteiger partial charge in [0, 0.05) is 37.1 Å². The van der Waals surface area contributed by atoms with Crippen molar-refractivity contribution in [1.29, 1.82) is 0 Å². The van der Waals surface area contributed by atoms with Crippen LogP contribution in [0.25, 0.3) is 0 Å². The smallest absolute Gasteiger partial charge is 0.270 e. The number of nitrogens with zero attached hydrogens (tertiary/aromatic N) is 1. The summed E-state index contributed by atoms with van der Waals surface area (Å²) in [6.07, 6.45) is 1.81. The molecular formula is C17H21N3O2S. The number of carbonyl (C=O) groups excluding carboxylic acids is 1. The number of nitrogens with two attached hydrogens (primary N) is 1. The van der Waals surface area contributed by atoms with Gasteiger partial charge in [-0.15, -0.1) is 11.3 Å². The van der Waals surface area contributed by atoms with Crippen LogP contribution in [0.3, 0.4) is 0 Å². The summed E-state index contributed by atoms with van der Waals surface area (Å²) in [5, 5.41) is 5.59. The summed E-state index contributed by atoms with van der Waals surface area (Å²) in [7, 11) is 0. The van der Waals surface area contributed by atoms with Gasteiger partial charge in [0.1, 0.15) is 10.7 Å². The van der Waals surface area contributed by atoms with E-state index in [1.165, 1.54) is 16.9 Å². The van der Waals surface area contributed by atoms with E-state index >= 15 is 0 Å². The van der Waals surface area contributed by atoms with Crippen LogP contribution in [0.2, 0.25) is 0 Å². The zero-order valence-electron chi connectivity index (χ0n) is 13.0. The summed E-state index contributed by atoms with van der Waals surface area (Å²) in [5.74, 6) is -0.136. The molecule has 0 radical (unpaired) electrons. The normalized spacial score (nSPS) is 16.9. The first-order chi connectivity index (χ1) is 11.2. The van der Waals surface area contributed by atoms with Crippen molar-refractivity contribution in [3.05, 3.63) is 52.0 Å². The molecule has 3 rings (SSSR count). The number of hydrogen-bond donors (Lipinski definition) is 2. The first kappa shape index (κ1) is 16.1. The van der Waals surface area contributed by atoms with Gasteiger partial charge in [0.15, 0.2) is 0 Å². The molecular weight excluding hydrogens is 310 g/mol. The maximum absolute atomic E-state index is 12.4. The highest BCUT2D eigenvalue weighted by Gasteiger charge is 2.34. The van der Waals surface area contributed by atoms with Crippen LogP contribution in [0.4, 0.5) is 0 Å². The van der Waals surface area contributed by atoms with Gasteiger partial charge in [-0.2, -0.15) is 0 Å². The Balaban J connectivity index is 1.73. The number of benzene rings is 1. The minimum absolute atomic E-state index is 0.0676. The zero-order chi connectivity index (χ0) is 16.1. The maximum atomic E-state index is 12.4. The fourth-order valence-corrected chi connectivity index (χ4v) is 3.63. The van der Waals surface area contributed by atoms with Gasteiger partial charge >= 0.3 is 0 Å². The van der Waals surface area contributed by atoms with Crippen molar-refractivity contribution >= 4 is 17.2 Å². The molecule has 1 fully saturated rings. The molecule has 1 saturated heterocycles. The highest BCUT2D eigenvalue weighted by molar-refractivity contribution is 7.09. The summed E-state index contributed by atoms with van der Waals surface area (Å²) >= 11 is 1.42. The fourth-order valence-electron chi connectivity index (χ4n) is 2.97. The molecule has 6 heteroatoms. The van der Waals surface area contributed by atoms with E-state index in [0.717, 1.165) is 31.1 Å².